The Kier molecular flexibility index (Phi) is 7.36. The summed E-state index contributed by atoms with van der Waals surface area (Å²) in [5, 5.41) is 1.02. The van der Waals surface area contributed by atoms with Gasteiger partial charge in [0.15, 0.2) is 5.78 Å². The monoisotopic (exact) mass is 490 g/mol. The summed E-state index contributed by atoms with van der Waals surface area (Å²) < 4.78 is 1.60. The summed E-state index contributed by atoms with van der Waals surface area (Å²) in [5.41, 5.74) is 6.32. The van der Waals surface area contributed by atoms with Crippen LogP contribution in [0.2, 0.25) is 0 Å². The van der Waals surface area contributed by atoms with Gasteiger partial charge in [0, 0.05) is 35.4 Å². The highest BCUT2D eigenvalue weighted by Crippen LogP contribution is 2.19. The number of aromatic amines is 1. The number of carbonyl (C=O) groups is 1. The third-order valence-electron chi connectivity index (χ3n) is 6.68. The van der Waals surface area contributed by atoms with E-state index in [0.717, 1.165) is 35.0 Å². The van der Waals surface area contributed by atoms with E-state index in [-0.39, 0.29) is 17.9 Å². The molecular formula is C31H30N4O2. The topological polar surface area (TPSA) is 80.6 Å². The van der Waals surface area contributed by atoms with E-state index in [1.165, 1.54) is 11.1 Å². The molecule has 0 radical (unpaired) electrons. The van der Waals surface area contributed by atoms with Gasteiger partial charge in [-0.3, -0.25) is 24.1 Å². The lowest BCUT2D eigenvalue weighted by atomic mass is 10.1. The largest absolute Gasteiger partial charge is 0.358 e. The van der Waals surface area contributed by atoms with Crippen molar-refractivity contribution in [3.63, 3.8) is 0 Å². The van der Waals surface area contributed by atoms with E-state index in [1.807, 2.05) is 42.5 Å². The maximum Gasteiger partial charge on any atom is 0.273 e. The highest BCUT2D eigenvalue weighted by atomic mass is 16.1. The number of fused-ring (bicyclic) bond motifs is 1. The molecule has 0 spiro atoms. The van der Waals surface area contributed by atoms with E-state index in [4.69, 9.17) is 0 Å². The molecule has 2 aromatic carbocycles. The predicted octanol–water partition coefficient (Wildman–Crippen LogP) is 5.47. The summed E-state index contributed by atoms with van der Waals surface area (Å²) in [4.78, 5) is 38.6. The van der Waals surface area contributed by atoms with Crippen LogP contribution in [0.3, 0.4) is 0 Å². The Morgan fingerprint density at radius 1 is 0.946 bits per heavy atom. The number of nitrogens with zero attached hydrogens (tertiary/aromatic N) is 3. The third kappa shape index (κ3) is 5.92. The summed E-state index contributed by atoms with van der Waals surface area (Å²) in [5.74, 6) is 0.00728. The lowest BCUT2D eigenvalue weighted by molar-refractivity contribution is -0.119. The fourth-order valence-corrected chi connectivity index (χ4v) is 4.61. The molecule has 0 aliphatic heterocycles. The van der Waals surface area contributed by atoms with Gasteiger partial charge in [-0.25, -0.2) is 0 Å². The summed E-state index contributed by atoms with van der Waals surface area (Å²) in [6.07, 6.45) is 8.46. The molecule has 37 heavy (non-hydrogen) atoms. The Morgan fingerprint density at radius 2 is 1.76 bits per heavy atom. The molecule has 0 aliphatic rings. The average Bonchev–Trinajstić information content (AvgIpc) is 3.34. The minimum absolute atomic E-state index is 0.00728. The van der Waals surface area contributed by atoms with Gasteiger partial charge in [0.25, 0.3) is 5.56 Å². The zero-order chi connectivity index (χ0) is 25.6. The number of carbonyl (C=O) groups excluding carboxylic acids is 1. The van der Waals surface area contributed by atoms with Crippen molar-refractivity contribution in [1.82, 2.24) is 19.5 Å². The molecule has 0 unspecified atom stereocenters. The van der Waals surface area contributed by atoms with E-state index >= 15 is 0 Å². The second-order valence-corrected chi connectivity index (χ2v) is 9.48. The SMILES string of the molecule is Cc1ccc(CCCc2ncc(-c3ccccc3)n(CC(=O)CCc3cc4cnccc4[nH]3)c2=O)cc1. The lowest BCUT2D eigenvalue weighted by Gasteiger charge is -2.14. The van der Waals surface area contributed by atoms with E-state index in [2.05, 4.69) is 46.1 Å². The van der Waals surface area contributed by atoms with Gasteiger partial charge in [-0.1, -0.05) is 60.2 Å². The molecule has 0 saturated heterocycles. The second kappa shape index (κ2) is 11.2. The molecule has 1 N–H and O–H groups in total. The smallest absolute Gasteiger partial charge is 0.273 e. The van der Waals surface area contributed by atoms with Gasteiger partial charge in [-0.2, -0.15) is 0 Å². The maximum absolute atomic E-state index is 13.5. The van der Waals surface area contributed by atoms with Crippen molar-refractivity contribution in [2.45, 2.75) is 45.6 Å². The van der Waals surface area contributed by atoms with Crippen LogP contribution >= 0.6 is 0 Å². The first-order valence-corrected chi connectivity index (χ1v) is 12.7. The van der Waals surface area contributed by atoms with Gasteiger partial charge in [0.2, 0.25) is 0 Å². The molecule has 6 nitrogen and oxygen atoms in total. The molecule has 0 atom stereocenters. The first kappa shape index (κ1) is 24.4. The van der Waals surface area contributed by atoms with E-state index < -0.39 is 0 Å². The maximum atomic E-state index is 13.5. The van der Waals surface area contributed by atoms with Gasteiger partial charge in [0.05, 0.1) is 18.4 Å². The van der Waals surface area contributed by atoms with Gasteiger partial charge in [0.1, 0.15) is 5.69 Å². The van der Waals surface area contributed by atoms with Crippen LogP contribution in [0.1, 0.15) is 35.4 Å². The molecular weight excluding hydrogens is 460 g/mol. The van der Waals surface area contributed by atoms with Crippen LogP contribution in [0, 0.1) is 6.92 Å². The average molecular weight is 491 g/mol. The Morgan fingerprint density at radius 3 is 2.54 bits per heavy atom. The molecule has 0 aliphatic carbocycles. The number of pyridine rings is 1. The van der Waals surface area contributed by atoms with Gasteiger partial charge >= 0.3 is 0 Å². The Balaban J connectivity index is 1.32. The Bertz CT molecular complexity index is 1530. The molecule has 3 aromatic heterocycles. The lowest BCUT2D eigenvalue weighted by Crippen LogP contribution is -2.29. The van der Waals surface area contributed by atoms with Crippen LogP contribution in [0.25, 0.3) is 22.2 Å². The van der Waals surface area contributed by atoms with Crippen LogP contribution in [0.5, 0.6) is 0 Å². The number of nitrogens with one attached hydrogen (secondary N) is 1. The fourth-order valence-electron chi connectivity index (χ4n) is 4.61. The summed E-state index contributed by atoms with van der Waals surface area (Å²) >= 11 is 0. The molecule has 5 aromatic rings. The number of aromatic nitrogens is 4. The van der Waals surface area contributed by atoms with Crippen LogP contribution in [0.4, 0.5) is 0 Å². The number of hydrogen-bond acceptors (Lipinski definition) is 4. The first-order valence-electron chi connectivity index (χ1n) is 12.7. The summed E-state index contributed by atoms with van der Waals surface area (Å²) in [6.45, 7) is 2.10. The fraction of sp³-hybridized carbons (Fsp3) is 0.226. The van der Waals surface area contributed by atoms with Crippen molar-refractivity contribution in [1.29, 1.82) is 0 Å². The van der Waals surface area contributed by atoms with Gasteiger partial charge in [-0.15, -0.1) is 0 Å². The van der Waals surface area contributed by atoms with Crippen molar-refractivity contribution in [3.8, 4) is 11.3 Å². The Hall–Kier alpha value is -4.32. The number of benzene rings is 2. The van der Waals surface area contributed by atoms with E-state index in [0.29, 0.717) is 30.7 Å². The molecule has 0 bridgehead atoms. The van der Waals surface area contributed by atoms with E-state index in [1.54, 1.807) is 23.2 Å². The summed E-state index contributed by atoms with van der Waals surface area (Å²) in [7, 11) is 0. The van der Waals surface area contributed by atoms with Crippen molar-refractivity contribution >= 4 is 16.7 Å². The standard InChI is InChI=1S/C31H30N4O2/c1-22-10-12-23(13-11-22)6-5-9-29-31(37)35(30(20-33-29)24-7-3-2-4-8-24)21-27(36)15-14-26-18-25-19-32-17-16-28(25)34-26/h2-4,7-8,10-13,16-20,34H,5-6,9,14-15,21H2,1H3. The molecule has 5 rings (SSSR count). The minimum Gasteiger partial charge on any atom is -0.358 e. The van der Waals surface area contributed by atoms with Crippen LogP contribution < -0.4 is 5.56 Å². The van der Waals surface area contributed by atoms with Crippen molar-refractivity contribution in [3.05, 3.63) is 118 Å². The number of Topliss-reactive ketones (excluding diaryl/α,β-unsaturated/α-hetero) is 1. The number of rotatable bonds is 10. The third-order valence-corrected chi connectivity index (χ3v) is 6.68. The van der Waals surface area contributed by atoms with Crippen molar-refractivity contribution < 1.29 is 4.79 Å². The molecule has 186 valence electrons. The Labute approximate surface area is 216 Å². The first-order chi connectivity index (χ1) is 18.1. The zero-order valence-electron chi connectivity index (χ0n) is 21.0. The molecule has 0 fully saturated rings. The number of ketones is 1. The van der Waals surface area contributed by atoms with Crippen LogP contribution in [0.15, 0.2) is 90.1 Å². The molecule has 6 heteroatoms. The summed E-state index contributed by atoms with van der Waals surface area (Å²) in [6, 6.07) is 22.1. The van der Waals surface area contributed by atoms with Gasteiger partial charge in [-0.05, 0) is 55.9 Å². The number of aryl methyl sites for hydroxylation is 4. The van der Waals surface area contributed by atoms with Crippen molar-refractivity contribution in [2.75, 3.05) is 0 Å². The van der Waals surface area contributed by atoms with E-state index in [9.17, 15) is 9.59 Å². The zero-order valence-corrected chi connectivity index (χ0v) is 21.0. The van der Waals surface area contributed by atoms with Crippen molar-refractivity contribution in [2.24, 2.45) is 0 Å². The van der Waals surface area contributed by atoms with Gasteiger partial charge < -0.3 is 4.98 Å². The van der Waals surface area contributed by atoms with Crippen LogP contribution in [-0.4, -0.2) is 25.3 Å². The normalized spacial score (nSPS) is 11.2. The number of H-pyrrole nitrogens is 1. The molecule has 0 saturated carbocycles. The van der Waals surface area contributed by atoms with Crippen LogP contribution in [-0.2, 0) is 30.6 Å². The second-order valence-electron chi connectivity index (χ2n) is 9.48. The molecule has 3 heterocycles. The predicted molar refractivity (Wildman–Crippen MR) is 147 cm³/mol. The highest BCUT2D eigenvalue weighted by molar-refractivity contribution is 5.81. The minimum atomic E-state index is -0.185. The number of hydrogen-bond donors (Lipinski definition) is 1. The quantitative estimate of drug-likeness (QED) is 0.281. The molecule has 0 amide bonds. The highest BCUT2D eigenvalue weighted by Gasteiger charge is 2.15.